The van der Waals surface area contributed by atoms with Crippen LogP contribution in [0.3, 0.4) is 0 Å². The van der Waals surface area contributed by atoms with Gasteiger partial charge in [-0.1, -0.05) is 17.4 Å². The van der Waals surface area contributed by atoms with Crippen molar-refractivity contribution >= 4 is 27.6 Å². The van der Waals surface area contributed by atoms with E-state index in [-0.39, 0.29) is 23.7 Å². The number of hydrogen-bond acceptors (Lipinski definition) is 6. The van der Waals surface area contributed by atoms with Gasteiger partial charge in [-0.15, -0.1) is 0 Å². The Morgan fingerprint density at radius 3 is 2.70 bits per heavy atom. The van der Waals surface area contributed by atoms with Gasteiger partial charge in [0.2, 0.25) is 0 Å². The average Bonchev–Trinajstić information content (AvgIpc) is 2.91. The molecule has 0 aliphatic rings. The fourth-order valence-electron chi connectivity index (χ4n) is 2.22. The second-order valence-electron chi connectivity index (χ2n) is 4.84. The number of benzene rings is 1. The molecule has 0 unspecified atom stereocenters. The number of aromatic hydroxyl groups is 1. The minimum absolute atomic E-state index is 0.00368. The highest BCUT2D eigenvalue weighted by atomic mass is 32.1. The van der Waals surface area contributed by atoms with Crippen molar-refractivity contribution in [2.24, 2.45) is 0 Å². The number of carboxylic acid groups (broad SMARTS) is 1. The number of phenolic OH excluding ortho intramolecular Hbond substituents is 1. The van der Waals surface area contributed by atoms with Gasteiger partial charge in [-0.2, -0.15) is 0 Å². The summed E-state index contributed by atoms with van der Waals surface area (Å²) in [5, 5.41) is 19.0. The molecule has 0 aliphatic heterocycles. The number of nitrogens with one attached hydrogen (secondary N) is 1. The fourth-order valence-corrected chi connectivity index (χ4v) is 3.11. The molecule has 0 fully saturated rings. The minimum Gasteiger partial charge on any atom is -0.506 e. The Morgan fingerprint density at radius 1 is 1.39 bits per heavy atom. The molecule has 0 saturated heterocycles. The molecule has 1 aromatic carbocycles. The lowest BCUT2D eigenvalue weighted by atomic mass is 10.1. The van der Waals surface area contributed by atoms with Gasteiger partial charge >= 0.3 is 11.0 Å². The van der Waals surface area contributed by atoms with Crippen LogP contribution in [0.4, 0.5) is 4.79 Å². The number of amides is 1. The topological polar surface area (TPSA) is 112 Å². The van der Waals surface area contributed by atoms with Crippen molar-refractivity contribution < 1.29 is 24.5 Å². The zero-order valence-electron chi connectivity index (χ0n) is 12.7. The normalized spacial score (nSPS) is 11.3. The van der Waals surface area contributed by atoms with E-state index in [4.69, 9.17) is 9.47 Å². The van der Waals surface area contributed by atoms with Crippen LogP contribution in [0.5, 0.6) is 5.75 Å². The van der Waals surface area contributed by atoms with Crippen molar-refractivity contribution in [1.82, 2.24) is 9.88 Å². The number of carbonyl (C=O) groups is 1. The van der Waals surface area contributed by atoms with Crippen molar-refractivity contribution in [3.63, 3.8) is 0 Å². The Hall–Kier alpha value is -2.10. The van der Waals surface area contributed by atoms with Gasteiger partial charge in [-0.25, -0.2) is 4.79 Å². The second kappa shape index (κ2) is 7.44. The third kappa shape index (κ3) is 4.01. The molecule has 1 aromatic heterocycles. The molecule has 8 nitrogen and oxygen atoms in total. The smallest absolute Gasteiger partial charge is 0.407 e. The molecule has 0 saturated carbocycles. The zero-order valence-corrected chi connectivity index (χ0v) is 13.6. The van der Waals surface area contributed by atoms with Crippen LogP contribution in [-0.4, -0.2) is 59.8 Å². The largest absolute Gasteiger partial charge is 0.506 e. The van der Waals surface area contributed by atoms with Gasteiger partial charge in [0.25, 0.3) is 0 Å². The molecule has 1 amide bonds. The molecule has 0 atom stereocenters. The van der Waals surface area contributed by atoms with Crippen LogP contribution in [0.25, 0.3) is 10.2 Å². The first-order valence-electron chi connectivity index (χ1n) is 6.83. The first-order chi connectivity index (χ1) is 11.0. The molecular weight excluding hydrogens is 324 g/mol. The lowest BCUT2D eigenvalue weighted by molar-refractivity contribution is -0.112. The van der Waals surface area contributed by atoms with Gasteiger partial charge in [0.05, 0.1) is 11.2 Å². The summed E-state index contributed by atoms with van der Waals surface area (Å²) in [6, 6.07) is 3.17. The fraction of sp³-hybridized carbons (Fsp3) is 0.429. The summed E-state index contributed by atoms with van der Waals surface area (Å²) in [5.41, 5.74) is 1.17. The molecule has 2 rings (SSSR count). The van der Waals surface area contributed by atoms with E-state index < -0.39 is 12.4 Å². The highest BCUT2D eigenvalue weighted by Gasteiger charge is 2.18. The van der Waals surface area contributed by atoms with Gasteiger partial charge in [0.1, 0.15) is 11.3 Å². The number of fused-ring (bicyclic) bond motifs is 1. The Kier molecular flexibility index (Phi) is 5.59. The molecule has 0 aliphatic carbocycles. The summed E-state index contributed by atoms with van der Waals surface area (Å²) in [5.74, 6) is -0.00368. The number of thiazole rings is 1. The third-order valence-corrected chi connectivity index (χ3v) is 4.41. The number of phenols is 1. The molecular formula is C14H18N2O6S. The molecule has 126 valence electrons. The van der Waals surface area contributed by atoms with Gasteiger partial charge < -0.3 is 29.6 Å². The maximum absolute atomic E-state index is 11.5. The zero-order chi connectivity index (χ0) is 17.0. The summed E-state index contributed by atoms with van der Waals surface area (Å²) in [4.78, 5) is 26.3. The lowest BCUT2D eigenvalue weighted by Gasteiger charge is -2.23. The molecule has 3 N–H and O–H groups in total. The molecule has 9 heteroatoms. The molecule has 0 bridgehead atoms. The molecule has 0 spiro atoms. The van der Waals surface area contributed by atoms with Crippen LogP contribution in [0.2, 0.25) is 0 Å². The SMILES string of the molecule is COC(CN(CCc1ccc(O)c2[nH]c(=O)sc12)C(=O)O)OC. The van der Waals surface area contributed by atoms with Crippen LogP contribution in [0.1, 0.15) is 5.56 Å². The number of hydrogen-bond donors (Lipinski definition) is 3. The third-order valence-electron chi connectivity index (χ3n) is 3.46. The quantitative estimate of drug-likeness (QED) is 0.656. The highest BCUT2D eigenvalue weighted by molar-refractivity contribution is 7.16. The van der Waals surface area contributed by atoms with E-state index in [1.54, 1.807) is 6.07 Å². The number of H-pyrrole nitrogens is 1. The van der Waals surface area contributed by atoms with Crippen LogP contribution in [0, 0.1) is 0 Å². The van der Waals surface area contributed by atoms with Crippen molar-refractivity contribution in [3.05, 3.63) is 27.4 Å². The van der Waals surface area contributed by atoms with Crippen molar-refractivity contribution in [3.8, 4) is 5.75 Å². The standard InChI is InChI=1S/C14H18N2O6S/c1-21-10(22-2)7-16(14(19)20)6-5-8-3-4-9(17)11-12(8)23-13(18)15-11/h3-4,10,17H,5-7H2,1-2H3,(H,15,18)(H,19,20). The van der Waals surface area contributed by atoms with E-state index in [1.807, 2.05) is 0 Å². The Morgan fingerprint density at radius 2 is 2.09 bits per heavy atom. The molecule has 0 radical (unpaired) electrons. The molecule has 1 heterocycles. The average molecular weight is 342 g/mol. The number of aromatic nitrogens is 1. The van der Waals surface area contributed by atoms with E-state index in [0.717, 1.165) is 16.9 Å². The van der Waals surface area contributed by atoms with Gasteiger partial charge in [-0.05, 0) is 18.1 Å². The van der Waals surface area contributed by atoms with Crippen LogP contribution in [0.15, 0.2) is 16.9 Å². The van der Waals surface area contributed by atoms with Crippen molar-refractivity contribution in [1.29, 1.82) is 0 Å². The van der Waals surface area contributed by atoms with Gasteiger partial charge in [-0.3, -0.25) is 4.79 Å². The van der Waals surface area contributed by atoms with Crippen molar-refractivity contribution in [2.45, 2.75) is 12.7 Å². The van der Waals surface area contributed by atoms with E-state index in [1.165, 1.54) is 25.2 Å². The summed E-state index contributed by atoms with van der Waals surface area (Å²) in [6.45, 7) is 0.289. The second-order valence-corrected chi connectivity index (χ2v) is 5.83. The summed E-state index contributed by atoms with van der Waals surface area (Å²) in [6.07, 6.45) is -1.33. The summed E-state index contributed by atoms with van der Waals surface area (Å²) >= 11 is 0.989. The van der Waals surface area contributed by atoms with Crippen LogP contribution in [-0.2, 0) is 15.9 Å². The van der Waals surface area contributed by atoms with Crippen molar-refractivity contribution in [2.75, 3.05) is 27.3 Å². The minimum atomic E-state index is -1.08. The van der Waals surface area contributed by atoms with E-state index in [0.29, 0.717) is 16.6 Å². The number of ether oxygens (including phenoxy) is 2. The number of methoxy groups -OCH3 is 2. The van der Waals surface area contributed by atoms with E-state index in [9.17, 15) is 19.8 Å². The predicted molar refractivity (Wildman–Crippen MR) is 85.2 cm³/mol. The monoisotopic (exact) mass is 342 g/mol. The Bertz CT molecular complexity index is 736. The Balaban J connectivity index is 2.16. The first kappa shape index (κ1) is 17.3. The summed E-state index contributed by atoms with van der Waals surface area (Å²) in [7, 11) is 2.88. The Labute approximate surface area is 135 Å². The number of aromatic amines is 1. The highest BCUT2D eigenvalue weighted by Crippen LogP contribution is 2.28. The van der Waals surface area contributed by atoms with E-state index >= 15 is 0 Å². The number of nitrogens with zero attached hydrogens (tertiary/aromatic N) is 1. The first-order valence-corrected chi connectivity index (χ1v) is 7.65. The summed E-state index contributed by atoms with van der Waals surface area (Å²) < 4.78 is 10.7. The predicted octanol–water partition coefficient (Wildman–Crippen LogP) is 1.44. The van der Waals surface area contributed by atoms with Gasteiger partial charge in [0, 0.05) is 20.8 Å². The van der Waals surface area contributed by atoms with Gasteiger partial charge in [0.15, 0.2) is 6.29 Å². The van der Waals surface area contributed by atoms with Crippen LogP contribution < -0.4 is 4.87 Å². The molecule has 23 heavy (non-hydrogen) atoms. The lowest BCUT2D eigenvalue weighted by Crippen LogP contribution is -2.39. The van der Waals surface area contributed by atoms with E-state index in [2.05, 4.69) is 4.98 Å². The van der Waals surface area contributed by atoms with Crippen LogP contribution >= 0.6 is 11.3 Å². The number of rotatable bonds is 7. The maximum atomic E-state index is 11.5. The maximum Gasteiger partial charge on any atom is 0.407 e. The molecule has 2 aromatic rings.